The van der Waals surface area contributed by atoms with Crippen LogP contribution in [0.2, 0.25) is 0 Å². The number of benzene rings is 5. The number of nitrogens with one attached hydrogen (secondary N) is 1. The lowest BCUT2D eigenvalue weighted by Crippen LogP contribution is -2.41. The Bertz CT molecular complexity index is 4140. The number of halogens is 1. The first-order chi connectivity index (χ1) is 61.3. The molecule has 98 heavy (non-hydrogen) atoms. The molecule has 0 aliphatic heterocycles. The summed E-state index contributed by atoms with van der Waals surface area (Å²) < 4.78 is 301. The molecular formula is C58H127BrN12O22S5. The van der Waals surface area contributed by atoms with Gasteiger partial charge in [0.2, 0.25) is 40.1 Å². The van der Waals surface area contributed by atoms with E-state index in [0.717, 1.165) is 35.6 Å². The normalized spacial score (nSPS) is 12.8. The molecular weight excluding hydrogens is 1460 g/mol. The van der Waals surface area contributed by atoms with Gasteiger partial charge in [0.25, 0.3) is 22.7 Å². The van der Waals surface area contributed by atoms with Crippen molar-refractivity contribution < 1.29 is 136 Å². The number of non-ortho nitro benzene ring substituents is 4. The second-order valence-corrected chi connectivity index (χ2v) is 33.4. The van der Waals surface area contributed by atoms with Crippen molar-refractivity contribution in [2.75, 3.05) is 127 Å². The Morgan fingerprint density at radius 3 is 0.939 bits per heavy atom. The number of likely N-dealkylation sites (N-methyl/N-ethyl adjacent to an activating group) is 3. The lowest BCUT2D eigenvalue weighted by Gasteiger charge is -2.27. The standard InChI is InChI=1S/C15H23N3O6S.C15H25N3O4S.C10H15N3O4S.C9H11BrN2O4S.C8H9NO4S.CH4.20H2/c1-15(2,3)24-14(19)16(4)10-11-17(25(5,22)23)12-6-8-13(9-7-12)18(20)21;1-15(2,3)22-14(19)17(4)10-11-18(23(5,20)21)13-8-6-12(16)7-9-13;1-11-7-8-12(18(2,16)17)9-3-5-10(6-4-9)13(14)15;1-17(15,16)11(7-6-10)8-2-4-9(5-3-8)12(13)14;1-14(12,13)6-7-2-4-8(5-3-7)9(10)11;;;;;;;;;;;;;;;;;;;;;/h6-9H,10-11H2,1-5H3;6-9H,10-11,16H2,1-5H3;3-6,11H,7-8H2,1-2H3;2-5H,6-7H2,1H3;2-5H,6H2,1H3;1H4;20*1H/i;;;;;;17*1+1D;3*1+1. The number of carbonyl (C=O) groups excluding carboxylic acids is 2. The molecule has 34 nitrogen and oxygen atoms in total. The van der Waals surface area contributed by atoms with Gasteiger partial charge in [-0.3, -0.25) is 57.7 Å². The summed E-state index contributed by atoms with van der Waals surface area (Å²) in [4.78, 5) is 66.3. The Morgan fingerprint density at radius 1 is 0.469 bits per heavy atom. The number of rotatable bonds is 25. The minimum atomic E-state index is -3.62. The van der Waals surface area contributed by atoms with Crippen LogP contribution in [0.15, 0.2) is 121 Å². The van der Waals surface area contributed by atoms with Gasteiger partial charge in [0, 0.05) is 167 Å². The fourth-order valence-corrected chi connectivity index (χ4v) is 12.5. The number of hydrogen-bond acceptors (Lipinski definition) is 24. The van der Waals surface area contributed by atoms with E-state index in [-0.39, 0.29) is 85.2 Å². The van der Waals surface area contributed by atoms with Crippen molar-refractivity contribution in [3.63, 3.8) is 0 Å². The lowest BCUT2D eigenvalue weighted by atomic mass is 10.2. The highest BCUT2D eigenvalue weighted by atomic mass is 79.9. The average molecular weight is 1620 g/mol. The van der Waals surface area contributed by atoms with E-state index in [4.69, 9.17) is 65.7 Å². The Hall–Kier alpha value is -8.57. The van der Waals surface area contributed by atoms with E-state index >= 15 is 0 Å². The smallest absolute Gasteiger partial charge is 0.410 e. The first-order valence-electron chi connectivity index (χ1n) is 45.3. The molecule has 3 N–H and O–H groups in total. The van der Waals surface area contributed by atoms with Crippen LogP contribution in [-0.4, -0.2) is 199 Å². The molecule has 0 bridgehead atoms. The number of amides is 2. The fraction of sp³-hybridized carbons (Fsp3) is 0.448. The molecule has 588 valence electrons. The molecule has 0 saturated carbocycles. The van der Waals surface area contributed by atoms with Gasteiger partial charge in [-0.05, 0) is 115 Å². The average Bonchev–Trinajstić information content (AvgIpc) is 0.845. The number of nitro benzene ring substituents is 4. The summed E-state index contributed by atoms with van der Waals surface area (Å²) in [7, 11) is -12.2. The molecule has 0 radical (unpaired) electrons. The van der Waals surface area contributed by atoms with E-state index in [2.05, 4.69) is 21.2 Å². The van der Waals surface area contributed by atoms with Crippen molar-refractivity contribution in [2.45, 2.75) is 65.9 Å². The van der Waals surface area contributed by atoms with Gasteiger partial charge in [0.15, 0.2) is 9.84 Å². The van der Waals surface area contributed by atoms with Gasteiger partial charge in [-0.25, -0.2) is 51.7 Å². The quantitative estimate of drug-likeness (QED) is 0.0237. The minimum Gasteiger partial charge on any atom is -0.444 e. The molecule has 0 saturated heterocycles. The summed E-state index contributed by atoms with van der Waals surface area (Å²) in [5.41, 5.74) is 6.77. The van der Waals surface area contributed by atoms with Gasteiger partial charge in [-0.2, -0.15) is 0 Å². The molecule has 0 aliphatic rings. The second-order valence-electron chi connectivity index (χ2n) is 22.8. The Kier molecular flexibility index (Phi) is 25.1. The van der Waals surface area contributed by atoms with E-state index in [1.807, 2.05) is 0 Å². The largest absolute Gasteiger partial charge is 0.444 e. The number of alkyl halides is 1. The zero-order valence-corrected chi connectivity index (χ0v) is 61.5. The molecule has 2 amide bonds. The van der Waals surface area contributed by atoms with E-state index in [1.54, 1.807) is 79.9 Å². The van der Waals surface area contributed by atoms with Crippen LogP contribution in [0.3, 0.4) is 0 Å². The number of nitrogens with zero attached hydrogens (tertiary/aromatic N) is 10. The zero-order valence-electron chi connectivity index (χ0n) is 89.9. The van der Waals surface area contributed by atoms with Crippen molar-refractivity contribution in [2.24, 2.45) is 0 Å². The number of nitro groups is 4. The van der Waals surface area contributed by atoms with E-state index in [0.29, 0.717) is 40.2 Å². The number of ether oxygens (including phenoxy) is 2. The predicted octanol–water partition coefficient (Wildman–Crippen LogP) is 13.2. The van der Waals surface area contributed by atoms with Crippen molar-refractivity contribution in [3.05, 3.63) is 167 Å². The summed E-state index contributed by atoms with van der Waals surface area (Å²) in [5.74, 6) is -0.0923. The minimum absolute atomic E-state index is 0. The number of carbonyl (C=O) groups is 2. The predicted molar refractivity (Wildman–Crippen MR) is 425 cm³/mol. The maximum atomic E-state index is 12.0. The summed E-state index contributed by atoms with van der Waals surface area (Å²) in [5, 5.41) is 45.3. The molecule has 5 aromatic rings. The SMILES string of the molecule is C.CN(CCN(c1ccc(N)cc1)S(C)(=O)=O)C(=O)OC(C)(C)C.CN(CCN(c1ccc([N+](=O)[O-])cc1)S(C)(=O)=O)C(=O)OC(C)(C)C.CNCCN(c1ccc([N+](=O)[O-])cc1)S(C)(=O)=O.CS(=O)(=O)Cc1ccc([N+](=O)[O-])cc1.CS(=O)(=O)N(CCBr)c1ccc([N+](=O)[O-])cc1.[2HH].[2HH].[2HH].[2H][2H].[2H][2H].[2H][2H].[2H][2H].[2H][2H].[2H][2H].[2H][2H].[2H][2H].[2H][2H].[2H][2H].[2H][2H].[2H][2H].[2H][2H].[2H][2H].[2H][2H].[2H][2H].[2H][2H]. The van der Waals surface area contributed by atoms with E-state index in [9.17, 15) is 92.1 Å². The van der Waals surface area contributed by atoms with Gasteiger partial charge in [-0.15, -0.1) is 0 Å². The van der Waals surface area contributed by atoms with Crippen LogP contribution in [0.4, 0.5) is 60.8 Å². The molecule has 5 rings (SSSR count). The first-order valence-corrected chi connectivity index (χ1v) is 38.9. The third-order valence-electron chi connectivity index (χ3n) is 11.9. The van der Waals surface area contributed by atoms with Crippen molar-refractivity contribution >= 4 is 129 Å². The number of sulfonamides is 4. The van der Waals surface area contributed by atoms with Gasteiger partial charge in [0.05, 0.1) is 86.3 Å². The lowest BCUT2D eigenvalue weighted by molar-refractivity contribution is -0.385. The van der Waals surface area contributed by atoms with Crippen LogP contribution < -0.4 is 28.3 Å². The fourth-order valence-electron chi connectivity index (χ4n) is 7.46. The Morgan fingerprint density at radius 2 is 0.714 bits per heavy atom. The first kappa shape index (κ1) is 62.9. The Balaban J connectivity index is -0.0000000584. The van der Waals surface area contributed by atoms with Crippen LogP contribution in [-0.2, 0) is 65.2 Å². The molecule has 0 fully saturated rings. The third-order valence-corrected chi connectivity index (χ3v) is 17.9. The topological polar surface area (TPSA) is 453 Å². The van der Waals surface area contributed by atoms with Crippen LogP contribution in [0.25, 0.3) is 0 Å². The zero-order chi connectivity index (χ0) is 109. The molecule has 0 atom stereocenters. The van der Waals surface area contributed by atoms with Crippen molar-refractivity contribution in [3.8, 4) is 0 Å². The number of sulfone groups is 1. The van der Waals surface area contributed by atoms with Gasteiger partial charge in [0.1, 0.15) is 11.2 Å². The number of hydrogen-bond donors (Lipinski definition) is 2. The van der Waals surface area contributed by atoms with Crippen LogP contribution in [0.5, 0.6) is 0 Å². The number of anilines is 5. The third kappa shape index (κ3) is 34.6. The molecule has 0 aliphatic carbocycles. The molecule has 0 aromatic heterocycles. The monoisotopic (exact) mass is 1620 g/mol. The van der Waals surface area contributed by atoms with Crippen molar-refractivity contribution in [1.29, 1.82) is 0 Å². The summed E-state index contributed by atoms with van der Waals surface area (Å²) in [6.07, 6.45) is 4.40. The van der Waals surface area contributed by atoms with E-state index < -0.39 is 93.0 Å². The molecule has 40 heteroatoms. The van der Waals surface area contributed by atoms with E-state index in [1.165, 1.54) is 127 Å². The molecule has 0 unspecified atom stereocenters. The Labute approximate surface area is 638 Å². The van der Waals surface area contributed by atoms with Crippen LogP contribution >= 0.6 is 15.9 Å². The molecule has 5 aromatic carbocycles. The molecule has 0 spiro atoms. The number of nitrogens with two attached hydrogens (primary N) is 1. The highest BCUT2D eigenvalue weighted by Crippen LogP contribution is 2.25. The summed E-state index contributed by atoms with van der Waals surface area (Å²) in [6.45, 7) is 12.0. The van der Waals surface area contributed by atoms with Crippen LogP contribution in [0.1, 0.15) is 109 Å². The highest BCUT2D eigenvalue weighted by molar-refractivity contribution is 9.09. The van der Waals surface area contributed by atoms with Crippen molar-refractivity contribution in [1.82, 2.24) is 15.1 Å². The van der Waals surface area contributed by atoms with Gasteiger partial charge < -0.3 is 30.3 Å². The summed E-state index contributed by atoms with van der Waals surface area (Å²) in [6, 6.07) is 28.0. The van der Waals surface area contributed by atoms with Gasteiger partial charge >= 0.3 is 12.2 Å². The number of nitrogen functional groups attached to an aromatic ring is 1. The molecule has 0 heterocycles. The summed E-state index contributed by atoms with van der Waals surface area (Å²) >= 11 is 3.16. The maximum Gasteiger partial charge on any atom is 0.410 e. The van der Waals surface area contributed by atoms with Gasteiger partial charge in [-0.1, -0.05) is 35.5 Å². The maximum absolute atomic E-state index is 12.0. The highest BCUT2D eigenvalue weighted by Gasteiger charge is 2.26. The van der Waals surface area contributed by atoms with Crippen LogP contribution in [0, 0.1) is 40.5 Å². The second kappa shape index (κ2) is 39.1.